The van der Waals surface area contributed by atoms with Crippen LogP contribution in [0.25, 0.3) is 5.70 Å². The van der Waals surface area contributed by atoms with Crippen molar-refractivity contribution in [3.63, 3.8) is 0 Å². The second-order valence-electron chi connectivity index (χ2n) is 6.76. The first-order valence-corrected chi connectivity index (χ1v) is 10.3. The summed E-state index contributed by atoms with van der Waals surface area (Å²) in [5, 5.41) is 0. The number of hydrogen-bond donors (Lipinski definition) is 0. The molecule has 2 nitrogen and oxygen atoms in total. The number of allylic oxidation sites excluding steroid dienone is 2. The highest BCUT2D eigenvalue weighted by Gasteiger charge is 2.19. The van der Waals surface area contributed by atoms with Crippen LogP contribution in [0, 0.1) is 17.7 Å². The van der Waals surface area contributed by atoms with E-state index in [9.17, 15) is 8.78 Å². The maximum Gasteiger partial charge on any atom is 0.187 e. The van der Waals surface area contributed by atoms with Crippen molar-refractivity contribution in [3.05, 3.63) is 89.5 Å². The molecule has 0 bridgehead atoms. The van der Waals surface area contributed by atoms with E-state index in [1.807, 2.05) is 24.3 Å². The molecular formula is C25H31F2N2+. The monoisotopic (exact) mass is 397 g/mol. The fraction of sp³-hybridized carbons (Fsp3) is 0.360. The topological polar surface area (TPSA) is 6.48 Å². The first-order chi connectivity index (χ1) is 14.0. The van der Waals surface area contributed by atoms with Gasteiger partial charge in [0.1, 0.15) is 11.6 Å². The summed E-state index contributed by atoms with van der Waals surface area (Å²) < 4.78 is 26.7. The van der Waals surface area contributed by atoms with Crippen LogP contribution in [0.3, 0.4) is 0 Å². The largest absolute Gasteiger partial charge is 0.297 e. The number of halogens is 2. The average Bonchev–Trinajstić information content (AvgIpc) is 2.74. The smallest absolute Gasteiger partial charge is 0.187 e. The first-order valence-electron chi connectivity index (χ1n) is 10.3. The molecule has 0 radical (unpaired) electrons. The molecule has 1 unspecified atom stereocenters. The van der Waals surface area contributed by atoms with Crippen LogP contribution in [-0.4, -0.2) is 36.0 Å². The highest BCUT2D eigenvalue weighted by atomic mass is 19.1. The lowest BCUT2D eigenvalue weighted by Crippen LogP contribution is -2.27. The molecule has 0 saturated heterocycles. The minimum Gasteiger partial charge on any atom is -0.297 e. The number of nitrogens with zero attached hydrogens (tertiary/aromatic N) is 2. The summed E-state index contributed by atoms with van der Waals surface area (Å²) in [7, 11) is 0. The van der Waals surface area contributed by atoms with Crippen molar-refractivity contribution in [2.75, 3.05) is 26.2 Å². The van der Waals surface area contributed by atoms with Gasteiger partial charge in [-0.2, -0.15) is 0 Å². The van der Waals surface area contributed by atoms with Gasteiger partial charge in [-0.25, -0.2) is 8.78 Å². The van der Waals surface area contributed by atoms with Gasteiger partial charge in [0.2, 0.25) is 0 Å². The molecule has 0 N–H and O–H groups in total. The SMILES string of the molecule is CCN(CC)/C(=C\[C+]=CC(c1ccc(F)cc1)N(CC)CC)c1ccc(F)cc1. The Labute approximate surface area is 174 Å². The molecule has 2 aromatic carbocycles. The summed E-state index contributed by atoms with van der Waals surface area (Å²) in [6.45, 7) is 11.9. The Bertz CT molecular complexity index is 787. The highest BCUT2D eigenvalue weighted by molar-refractivity contribution is 5.65. The van der Waals surface area contributed by atoms with Crippen LogP contribution in [0.4, 0.5) is 8.78 Å². The molecule has 0 fully saturated rings. The first kappa shape index (κ1) is 22.7. The van der Waals surface area contributed by atoms with Gasteiger partial charge < -0.3 is 0 Å². The second-order valence-corrected chi connectivity index (χ2v) is 6.76. The summed E-state index contributed by atoms with van der Waals surface area (Å²) in [5.74, 6) is -0.481. The summed E-state index contributed by atoms with van der Waals surface area (Å²) >= 11 is 0. The standard InChI is InChI=1S/C25H31F2N2/c1-5-28(6-2)24(20-12-16-22(26)17-13-20)10-9-11-25(29(7-3)8-4)21-14-18-23(27)19-15-21/h10-19,24H,5-8H2,1-4H3/q+1/b25-11-. The van der Waals surface area contributed by atoms with Gasteiger partial charge in [-0.3, -0.25) is 9.80 Å². The van der Waals surface area contributed by atoms with Gasteiger partial charge in [-0.1, -0.05) is 26.0 Å². The van der Waals surface area contributed by atoms with E-state index in [4.69, 9.17) is 0 Å². The Morgan fingerprint density at radius 1 is 0.828 bits per heavy atom. The highest BCUT2D eigenvalue weighted by Crippen LogP contribution is 2.24. The quantitative estimate of drug-likeness (QED) is 0.354. The van der Waals surface area contributed by atoms with Gasteiger partial charge in [0, 0.05) is 13.1 Å². The van der Waals surface area contributed by atoms with Crippen LogP contribution < -0.4 is 0 Å². The third kappa shape index (κ3) is 6.22. The van der Waals surface area contributed by atoms with E-state index in [-0.39, 0.29) is 17.7 Å². The van der Waals surface area contributed by atoms with E-state index >= 15 is 0 Å². The molecule has 2 rings (SSSR count). The van der Waals surface area contributed by atoms with Crippen LogP contribution in [0.15, 0.2) is 60.7 Å². The summed E-state index contributed by atoms with van der Waals surface area (Å²) in [6.07, 6.45) is 7.33. The molecule has 0 spiro atoms. The van der Waals surface area contributed by atoms with Crippen LogP contribution in [0.1, 0.15) is 44.9 Å². The lowest BCUT2D eigenvalue weighted by molar-refractivity contribution is 0.256. The summed E-state index contributed by atoms with van der Waals surface area (Å²) in [5.41, 5.74) is 2.99. The van der Waals surface area contributed by atoms with E-state index in [0.29, 0.717) is 0 Å². The number of likely N-dealkylation sites (N-methyl/N-ethyl adjacent to an activating group) is 1. The van der Waals surface area contributed by atoms with Gasteiger partial charge in [-0.15, -0.1) is 0 Å². The van der Waals surface area contributed by atoms with E-state index in [1.165, 1.54) is 24.3 Å². The maximum absolute atomic E-state index is 13.4. The maximum atomic E-state index is 13.4. The van der Waals surface area contributed by atoms with Crippen molar-refractivity contribution in [3.8, 4) is 0 Å². The molecule has 0 amide bonds. The molecule has 29 heavy (non-hydrogen) atoms. The molecule has 1 atom stereocenters. The number of hydrogen-bond acceptors (Lipinski definition) is 2. The number of rotatable bonds is 10. The van der Waals surface area contributed by atoms with Gasteiger partial charge in [-0.05, 0) is 68.9 Å². The zero-order chi connectivity index (χ0) is 21.2. The Morgan fingerprint density at radius 3 is 1.83 bits per heavy atom. The Balaban J connectivity index is 2.39. The fourth-order valence-corrected chi connectivity index (χ4v) is 3.45. The second kappa shape index (κ2) is 11.5. The van der Waals surface area contributed by atoms with E-state index < -0.39 is 0 Å². The molecule has 0 saturated carbocycles. The van der Waals surface area contributed by atoms with Crippen molar-refractivity contribution in [2.45, 2.75) is 33.7 Å². The molecular weight excluding hydrogens is 366 g/mol. The van der Waals surface area contributed by atoms with Gasteiger partial charge in [0.05, 0.1) is 23.8 Å². The molecule has 154 valence electrons. The Hall–Kier alpha value is -2.55. The fourth-order valence-electron chi connectivity index (χ4n) is 3.45. The van der Waals surface area contributed by atoms with Crippen molar-refractivity contribution in [1.29, 1.82) is 0 Å². The van der Waals surface area contributed by atoms with Crippen molar-refractivity contribution in [2.24, 2.45) is 0 Å². The zero-order valence-corrected chi connectivity index (χ0v) is 17.8. The molecule has 0 heterocycles. The Kier molecular flexibility index (Phi) is 8.98. The third-order valence-electron chi connectivity index (χ3n) is 5.14. The molecule has 0 aliphatic carbocycles. The molecule has 0 aromatic heterocycles. The van der Waals surface area contributed by atoms with Crippen LogP contribution >= 0.6 is 0 Å². The lowest BCUT2D eigenvalue weighted by Gasteiger charge is -2.25. The average molecular weight is 398 g/mol. The molecule has 0 aliphatic rings. The van der Waals surface area contributed by atoms with Crippen molar-refractivity contribution < 1.29 is 8.78 Å². The zero-order valence-electron chi connectivity index (χ0n) is 17.8. The number of benzene rings is 2. The molecule has 0 aliphatic heterocycles. The lowest BCUT2D eigenvalue weighted by atomic mass is 10.0. The predicted molar refractivity (Wildman–Crippen MR) is 117 cm³/mol. The summed E-state index contributed by atoms with van der Waals surface area (Å²) in [6, 6.07) is 13.2. The molecule has 2 aromatic rings. The minimum absolute atomic E-state index is 0.00743. The van der Waals surface area contributed by atoms with Crippen molar-refractivity contribution in [1.82, 2.24) is 9.80 Å². The van der Waals surface area contributed by atoms with Crippen molar-refractivity contribution >= 4 is 5.70 Å². The van der Waals surface area contributed by atoms with Crippen LogP contribution in [0.5, 0.6) is 0 Å². The molecule has 4 heteroatoms. The normalized spacial score (nSPS) is 13.0. The van der Waals surface area contributed by atoms with Crippen LogP contribution in [0.2, 0.25) is 0 Å². The van der Waals surface area contributed by atoms with Gasteiger partial charge in [0.25, 0.3) is 0 Å². The van der Waals surface area contributed by atoms with Gasteiger partial charge in [0.15, 0.2) is 11.8 Å². The van der Waals surface area contributed by atoms with Crippen LogP contribution in [-0.2, 0) is 0 Å². The summed E-state index contributed by atoms with van der Waals surface area (Å²) in [4.78, 5) is 4.52. The minimum atomic E-state index is -0.245. The van der Waals surface area contributed by atoms with E-state index in [2.05, 4.69) is 43.6 Å². The van der Waals surface area contributed by atoms with E-state index in [1.54, 1.807) is 12.1 Å². The van der Waals surface area contributed by atoms with E-state index in [0.717, 1.165) is 43.0 Å². The Morgan fingerprint density at radius 2 is 1.34 bits per heavy atom. The van der Waals surface area contributed by atoms with Gasteiger partial charge >= 0.3 is 0 Å². The third-order valence-corrected chi connectivity index (χ3v) is 5.14. The predicted octanol–water partition coefficient (Wildman–Crippen LogP) is 6.09.